The Morgan fingerprint density at radius 2 is 1.95 bits per heavy atom. The van der Waals surface area contributed by atoms with Crippen molar-refractivity contribution in [2.45, 2.75) is 31.6 Å². The van der Waals surface area contributed by atoms with Crippen molar-refractivity contribution < 1.29 is 9.59 Å². The van der Waals surface area contributed by atoms with Gasteiger partial charge in [-0.15, -0.1) is 11.8 Å². The van der Waals surface area contributed by atoms with Gasteiger partial charge in [-0.3, -0.25) is 9.59 Å². The van der Waals surface area contributed by atoms with Gasteiger partial charge in [0, 0.05) is 7.05 Å². The molecule has 0 aromatic heterocycles. The lowest BCUT2D eigenvalue weighted by Gasteiger charge is -2.25. The summed E-state index contributed by atoms with van der Waals surface area (Å²) in [6.07, 6.45) is 0. The van der Waals surface area contributed by atoms with Crippen molar-refractivity contribution in [3.8, 4) is 0 Å². The number of hydrogen-bond donors (Lipinski definition) is 1. The van der Waals surface area contributed by atoms with Gasteiger partial charge in [-0.2, -0.15) is 0 Å². The normalized spacial score (nSPS) is 19.0. The second-order valence-corrected chi connectivity index (χ2v) is 7.30. The molecule has 114 valence electrons. The monoisotopic (exact) mass is 306 g/mol. The molecular weight excluding hydrogens is 284 g/mol. The maximum absolute atomic E-state index is 12.0. The van der Waals surface area contributed by atoms with Gasteiger partial charge in [0.15, 0.2) is 0 Å². The van der Waals surface area contributed by atoms with Crippen LogP contribution in [0.15, 0.2) is 24.3 Å². The standard InChI is InChI=1S/C16H22N2O2S/c1-16(2,3)12-7-5-11(6-8-12)15-18(9-13(19)17-4)14(20)10-21-15/h5-8,15H,9-10H2,1-4H3,(H,17,19)/t15-/m1/s1. The second-order valence-electron chi connectivity index (χ2n) is 6.23. The van der Waals surface area contributed by atoms with Gasteiger partial charge in [-0.1, -0.05) is 45.0 Å². The highest BCUT2D eigenvalue weighted by Gasteiger charge is 2.34. The van der Waals surface area contributed by atoms with Crippen molar-refractivity contribution in [2.75, 3.05) is 19.3 Å². The van der Waals surface area contributed by atoms with Crippen molar-refractivity contribution >= 4 is 23.6 Å². The number of amides is 2. The molecule has 1 aromatic carbocycles. The van der Waals surface area contributed by atoms with Crippen LogP contribution in [0.3, 0.4) is 0 Å². The highest BCUT2D eigenvalue weighted by molar-refractivity contribution is 8.00. The summed E-state index contributed by atoms with van der Waals surface area (Å²) in [6, 6.07) is 8.34. The molecule has 1 heterocycles. The fraction of sp³-hybridized carbons (Fsp3) is 0.500. The van der Waals surface area contributed by atoms with Crippen LogP contribution in [-0.2, 0) is 15.0 Å². The number of benzene rings is 1. The highest BCUT2D eigenvalue weighted by Crippen LogP contribution is 2.38. The lowest BCUT2D eigenvalue weighted by atomic mass is 9.87. The lowest BCUT2D eigenvalue weighted by Crippen LogP contribution is -2.37. The summed E-state index contributed by atoms with van der Waals surface area (Å²) in [4.78, 5) is 25.2. The van der Waals surface area contributed by atoms with Crippen LogP contribution in [0.4, 0.5) is 0 Å². The Morgan fingerprint density at radius 3 is 2.48 bits per heavy atom. The summed E-state index contributed by atoms with van der Waals surface area (Å²) in [5.41, 5.74) is 2.44. The molecule has 1 saturated heterocycles. The first kappa shape index (κ1) is 15.9. The molecule has 0 spiro atoms. The summed E-state index contributed by atoms with van der Waals surface area (Å²) < 4.78 is 0. The molecular formula is C16H22N2O2S. The van der Waals surface area contributed by atoms with Crippen molar-refractivity contribution in [1.82, 2.24) is 10.2 Å². The van der Waals surface area contributed by atoms with E-state index in [9.17, 15) is 9.59 Å². The van der Waals surface area contributed by atoms with E-state index in [0.29, 0.717) is 5.75 Å². The summed E-state index contributed by atoms with van der Waals surface area (Å²) in [6.45, 7) is 6.64. The van der Waals surface area contributed by atoms with Crippen molar-refractivity contribution in [3.63, 3.8) is 0 Å². The van der Waals surface area contributed by atoms with Crippen LogP contribution < -0.4 is 5.32 Å². The Hall–Kier alpha value is -1.49. The predicted octanol–water partition coefficient (Wildman–Crippen LogP) is 2.30. The molecule has 0 radical (unpaired) electrons. The maximum atomic E-state index is 12.0. The number of carbonyl (C=O) groups is 2. The fourth-order valence-corrected chi connectivity index (χ4v) is 3.47. The number of thioether (sulfide) groups is 1. The SMILES string of the molecule is CNC(=O)CN1C(=O)CS[C@@H]1c1ccc(C(C)(C)C)cc1. The molecule has 2 rings (SSSR count). The molecule has 21 heavy (non-hydrogen) atoms. The lowest BCUT2D eigenvalue weighted by molar-refractivity contribution is -0.133. The highest BCUT2D eigenvalue weighted by atomic mass is 32.2. The molecule has 0 aliphatic carbocycles. The average molecular weight is 306 g/mol. The van der Waals surface area contributed by atoms with E-state index in [0.717, 1.165) is 5.56 Å². The molecule has 0 saturated carbocycles. The van der Waals surface area contributed by atoms with Gasteiger partial charge >= 0.3 is 0 Å². The van der Waals surface area contributed by atoms with Crippen LogP contribution in [0, 0.1) is 0 Å². The Kier molecular flexibility index (Phi) is 4.61. The number of rotatable bonds is 3. The number of hydrogen-bond acceptors (Lipinski definition) is 3. The zero-order valence-corrected chi connectivity index (χ0v) is 13.8. The third-order valence-electron chi connectivity index (χ3n) is 3.62. The minimum Gasteiger partial charge on any atom is -0.358 e. The Labute approximate surface area is 130 Å². The minimum atomic E-state index is -0.137. The zero-order chi connectivity index (χ0) is 15.6. The number of nitrogens with one attached hydrogen (secondary N) is 1. The van der Waals surface area contributed by atoms with Crippen molar-refractivity contribution in [3.05, 3.63) is 35.4 Å². The number of nitrogens with zero attached hydrogens (tertiary/aromatic N) is 1. The van der Waals surface area contributed by atoms with Crippen LogP contribution in [-0.4, -0.2) is 36.1 Å². The van der Waals surface area contributed by atoms with Crippen LogP contribution in [0.1, 0.15) is 37.3 Å². The average Bonchev–Trinajstić information content (AvgIpc) is 2.79. The Balaban J connectivity index is 2.20. The first-order chi connectivity index (χ1) is 9.82. The zero-order valence-electron chi connectivity index (χ0n) is 13.0. The van der Waals surface area contributed by atoms with Gasteiger partial charge in [-0.25, -0.2) is 0 Å². The maximum Gasteiger partial charge on any atom is 0.239 e. The van der Waals surface area contributed by atoms with E-state index in [1.165, 1.54) is 5.56 Å². The van der Waals surface area contributed by atoms with E-state index >= 15 is 0 Å². The van der Waals surface area contributed by atoms with Crippen molar-refractivity contribution in [1.29, 1.82) is 0 Å². The summed E-state index contributed by atoms with van der Waals surface area (Å²) in [5, 5.41) is 2.51. The van der Waals surface area contributed by atoms with Gasteiger partial charge in [-0.05, 0) is 16.5 Å². The summed E-state index contributed by atoms with van der Waals surface area (Å²) in [5.74, 6) is 0.318. The van der Waals surface area contributed by atoms with E-state index in [2.05, 4.69) is 50.4 Å². The Bertz CT molecular complexity index is 534. The van der Waals surface area contributed by atoms with Crippen LogP contribution in [0.25, 0.3) is 0 Å². The molecule has 1 atom stereocenters. The van der Waals surface area contributed by atoms with E-state index < -0.39 is 0 Å². The van der Waals surface area contributed by atoms with E-state index in [4.69, 9.17) is 0 Å². The third-order valence-corrected chi connectivity index (χ3v) is 4.88. The molecule has 2 amide bonds. The number of carbonyl (C=O) groups excluding carboxylic acids is 2. The smallest absolute Gasteiger partial charge is 0.239 e. The molecule has 0 unspecified atom stereocenters. The topological polar surface area (TPSA) is 49.4 Å². The molecule has 5 heteroatoms. The molecule has 1 aliphatic heterocycles. The quantitative estimate of drug-likeness (QED) is 0.932. The molecule has 1 aliphatic rings. The predicted molar refractivity (Wildman–Crippen MR) is 86.1 cm³/mol. The van der Waals surface area contributed by atoms with Gasteiger partial charge in [0.05, 0.1) is 5.75 Å². The molecule has 4 nitrogen and oxygen atoms in total. The summed E-state index contributed by atoms with van der Waals surface area (Å²) >= 11 is 1.57. The Morgan fingerprint density at radius 1 is 1.33 bits per heavy atom. The van der Waals surface area contributed by atoms with Gasteiger partial charge in [0.1, 0.15) is 11.9 Å². The van der Waals surface area contributed by atoms with Crippen molar-refractivity contribution in [2.24, 2.45) is 0 Å². The van der Waals surface area contributed by atoms with Gasteiger partial charge < -0.3 is 10.2 Å². The van der Waals surface area contributed by atoms with Crippen LogP contribution in [0.5, 0.6) is 0 Å². The second kappa shape index (κ2) is 6.10. The van der Waals surface area contributed by atoms with Gasteiger partial charge in [0.2, 0.25) is 11.8 Å². The minimum absolute atomic E-state index is 0.0218. The van der Waals surface area contributed by atoms with Crippen LogP contribution >= 0.6 is 11.8 Å². The molecule has 0 bridgehead atoms. The summed E-state index contributed by atoms with van der Waals surface area (Å²) in [7, 11) is 1.59. The molecule has 1 N–H and O–H groups in total. The van der Waals surface area contributed by atoms with Crippen LogP contribution in [0.2, 0.25) is 0 Å². The third kappa shape index (κ3) is 3.59. The molecule has 1 aromatic rings. The van der Waals surface area contributed by atoms with E-state index in [1.54, 1.807) is 23.7 Å². The van der Waals surface area contributed by atoms with Gasteiger partial charge in [0.25, 0.3) is 0 Å². The van der Waals surface area contributed by atoms with E-state index in [-0.39, 0.29) is 29.1 Å². The molecule has 1 fully saturated rings. The first-order valence-corrected chi connectivity index (χ1v) is 8.10. The first-order valence-electron chi connectivity index (χ1n) is 7.05. The van der Waals surface area contributed by atoms with E-state index in [1.807, 2.05) is 0 Å². The largest absolute Gasteiger partial charge is 0.358 e. The fourth-order valence-electron chi connectivity index (χ4n) is 2.28. The number of likely N-dealkylation sites (N-methyl/N-ethyl adjacent to an activating group) is 1.